The number of benzene rings is 3. The fourth-order valence-corrected chi connectivity index (χ4v) is 5.12. The van der Waals surface area contributed by atoms with Gasteiger partial charge in [0.25, 0.3) is 0 Å². The quantitative estimate of drug-likeness (QED) is 0.267. The predicted molar refractivity (Wildman–Crippen MR) is 146 cm³/mol. The number of hydrogen-bond acceptors (Lipinski definition) is 5. The zero-order valence-corrected chi connectivity index (χ0v) is 22.1. The summed E-state index contributed by atoms with van der Waals surface area (Å²) in [7, 11) is 0. The molecule has 4 aromatic rings. The molecule has 0 unspecified atom stereocenters. The lowest BCUT2D eigenvalue weighted by atomic mass is 9.96. The van der Waals surface area contributed by atoms with Crippen LogP contribution in [0.25, 0.3) is 22.6 Å². The molecule has 1 aliphatic rings. The van der Waals surface area contributed by atoms with Gasteiger partial charge in [0.05, 0.1) is 17.2 Å². The van der Waals surface area contributed by atoms with Crippen molar-refractivity contribution in [1.82, 2.24) is 10.3 Å². The number of alkyl halides is 3. The van der Waals surface area contributed by atoms with Crippen molar-refractivity contribution in [1.29, 1.82) is 5.26 Å². The van der Waals surface area contributed by atoms with Gasteiger partial charge in [-0.15, -0.1) is 0 Å². The highest BCUT2D eigenvalue weighted by Gasteiger charge is 2.30. The van der Waals surface area contributed by atoms with E-state index in [1.54, 1.807) is 18.2 Å². The van der Waals surface area contributed by atoms with Gasteiger partial charge >= 0.3 is 6.18 Å². The Bertz CT molecular complexity index is 1460. The smallest absolute Gasteiger partial charge is 0.416 e. The van der Waals surface area contributed by atoms with Crippen molar-refractivity contribution >= 4 is 16.8 Å². The lowest BCUT2D eigenvalue weighted by Crippen LogP contribution is -2.37. The minimum Gasteiger partial charge on any atom is -0.436 e. The van der Waals surface area contributed by atoms with E-state index in [9.17, 15) is 18.4 Å². The fraction of sp³-hybridized carbons (Fsp3) is 0.355. The van der Waals surface area contributed by atoms with Gasteiger partial charge in [-0.1, -0.05) is 26.0 Å². The standard InChI is InChI=1S/C31H31F3N4O/c1-20(2)27-15-23(17-35)16-28-29(27)39-30(37-28)24-5-3-21(4-6-24)18-36-19-22-11-13-38(14-12-22)26-9-7-25(8-10-26)31(32,33)34/h3-10,15-16,20,22,36H,11-14,18-19H2,1-2H3. The van der Waals surface area contributed by atoms with E-state index in [0.717, 1.165) is 79.1 Å². The van der Waals surface area contributed by atoms with Crippen LogP contribution in [0, 0.1) is 17.2 Å². The first-order valence-electron chi connectivity index (χ1n) is 13.3. The zero-order valence-electron chi connectivity index (χ0n) is 22.1. The molecule has 1 N–H and O–H groups in total. The number of nitriles is 1. The van der Waals surface area contributed by atoms with Crippen LogP contribution in [0.3, 0.4) is 0 Å². The Balaban J connectivity index is 1.13. The number of fused-ring (bicyclic) bond motifs is 1. The Labute approximate surface area is 226 Å². The number of nitrogens with zero attached hydrogens (tertiary/aromatic N) is 3. The molecule has 0 aliphatic carbocycles. The molecule has 5 rings (SSSR count). The third-order valence-electron chi connectivity index (χ3n) is 7.41. The van der Waals surface area contributed by atoms with Crippen LogP contribution in [0.2, 0.25) is 0 Å². The van der Waals surface area contributed by atoms with Crippen molar-refractivity contribution in [3.8, 4) is 17.5 Å². The monoisotopic (exact) mass is 532 g/mol. The number of piperidine rings is 1. The maximum Gasteiger partial charge on any atom is 0.416 e. The molecule has 0 atom stereocenters. The summed E-state index contributed by atoms with van der Waals surface area (Å²) in [4.78, 5) is 6.80. The van der Waals surface area contributed by atoms with Crippen LogP contribution in [0.5, 0.6) is 0 Å². The highest BCUT2D eigenvalue weighted by atomic mass is 19.4. The summed E-state index contributed by atoms with van der Waals surface area (Å²) in [5.41, 5.74) is 5.27. The van der Waals surface area contributed by atoms with E-state index in [1.807, 2.05) is 18.2 Å². The molecule has 1 fully saturated rings. The Morgan fingerprint density at radius 2 is 1.74 bits per heavy atom. The normalized spacial score (nSPS) is 14.7. The van der Waals surface area contributed by atoms with Gasteiger partial charge in [0.1, 0.15) is 5.52 Å². The summed E-state index contributed by atoms with van der Waals surface area (Å²) in [5.74, 6) is 1.29. The van der Waals surface area contributed by atoms with Gasteiger partial charge in [0, 0.05) is 36.4 Å². The first-order chi connectivity index (χ1) is 18.7. The first kappa shape index (κ1) is 26.8. The van der Waals surface area contributed by atoms with E-state index in [1.165, 1.54) is 0 Å². The van der Waals surface area contributed by atoms with Crippen molar-refractivity contribution < 1.29 is 17.6 Å². The number of rotatable bonds is 7. The molecule has 1 aromatic heterocycles. The highest BCUT2D eigenvalue weighted by Crippen LogP contribution is 2.33. The van der Waals surface area contributed by atoms with Gasteiger partial charge in [-0.05, 0) is 85.3 Å². The average molecular weight is 533 g/mol. The van der Waals surface area contributed by atoms with Crippen LogP contribution < -0.4 is 10.2 Å². The molecular weight excluding hydrogens is 501 g/mol. The lowest BCUT2D eigenvalue weighted by Gasteiger charge is -2.34. The first-order valence-corrected chi connectivity index (χ1v) is 13.3. The third kappa shape index (κ3) is 6.10. The van der Waals surface area contributed by atoms with Crippen LogP contribution in [0.4, 0.5) is 18.9 Å². The van der Waals surface area contributed by atoms with E-state index in [0.29, 0.717) is 22.9 Å². The molecule has 5 nitrogen and oxygen atoms in total. The molecule has 1 saturated heterocycles. The molecule has 39 heavy (non-hydrogen) atoms. The molecule has 1 aliphatic heterocycles. The van der Waals surface area contributed by atoms with Crippen molar-refractivity contribution in [3.63, 3.8) is 0 Å². The van der Waals surface area contributed by atoms with Crippen LogP contribution in [0.15, 0.2) is 65.1 Å². The molecule has 0 bridgehead atoms. The highest BCUT2D eigenvalue weighted by molar-refractivity contribution is 5.81. The van der Waals surface area contributed by atoms with E-state index >= 15 is 0 Å². The maximum atomic E-state index is 12.8. The van der Waals surface area contributed by atoms with Crippen LogP contribution >= 0.6 is 0 Å². The van der Waals surface area contributed by atoms with Gasteiger partial charge in [-0.2, -0.15) is 18.4 Å². The SMILES string of the molecule is CC(C)c1cc(C#N)cc2nc(-c3ccc(CNCC4CCN(c5ccc(C(F)(F)F)cc5)CC4)cc3)oc12. The van der Waals surface area contributed by atoms with Crippen molar-refractivity contribution in [2.45, 2.75) is 45.3 Å². The Kier molecular flexibility index (Phi) is 7.62. The van der Waals surface area contributed by atoms with E-state index in [-0.39, 0.29) is 5.92 Å². The lowest BCUT2D eigenvalue weighted by molar-refractivity contribution is -0.137. The number of oxazole rings is 1. The van der Waals surface area contributed by atoms with Crippen molar-refractivity contribution in [2.24, 2.45) is 5.92 Å². The topological polar surface area (TPSA) is 65.1 Å². The number of anilines is 1. The average Bonchev–Trinajstić information content (AvgIpc) is 3.37. The molecule has 0 radical (unpaired) electrons. The number of nitrogens with one attached hydrogen (secondary N) is 1. The number of hydrogen-bond donors (Lipinski definition) is 1. The molecule has 2 heterocycles. The molecular formula is C31H31F3N4O. The number of aromatic nitrogens is 1. The van der Waals surface area contributed by atoms with Crippen molar-refractivity contribution in [2.75, 3.05) is 24.5 Å². The number of halogens is 3. The minimum absolute atomic E-state index is 0.215. The Hall–Kier alpha value is -3.83. The Morgan fingerprint density at radius 1 is 1.05 bits per heavy atom. The zero-order chi connectivity index (χ0) is 27.6. The third-order valence-corrected chi connectivity index (χ3v) is 7.41. The van der Waals surface area contributed by atoms with Gasteiger partial charge in [-0.3, -0.25) is 0 Å². The van der Waals surface area contributed by atoms with E-state index in [2.05, 4.69) is 47.3 Å². The Morgan fingerprint density at radius 3 is 2.36 bits per heavy atom. The van der Waals surface area contributed by atoms with Crippen LogP contribution in [-0.2, 0) is 12.7 Å². The van der Waals surface area contributed by atoms with Crippen LogP contribution in [-0.4, -0.2) is 24.6 Å². The molecule has 0 spiro atoms. The van der Waals surface area contributed by atoms with Gasteiger partial charge in [-0.25, -0.2) is 4.98 Å². The summed E-state index contributed by atoms with van der Waals surface area (Å²) < 4.78 is 44.6. The molecule has 0 saturated carbocycles. The van der Waals surface area contributed by atoms with Gasteiger partial charge in [0.2, 0.25) is 5.89 Å². The van der Waals surface area contributed by atoms with Crippen LogP contribution in [0.1, 0.15) is 54.9 Å². The van der Waals surface area contributed by atoms with Gasteiger partial charge in [0.15, 0.2) is 5.58 Å². The van der Waals surface area contributed by atoms with E-state index in [4.69, 9.17) is 4.42 Å². The summed E-state index contributed by atoms with van der Waals surface area (Å²) in [6.45, 7) is 7.46. The fourth-order valence-electron chi connectivity index (χ4n) is 5.12. The van der Waals surface area contributed by atoms with Crippen molar-refractivity contribution in [3.05, 3.63) is 82.9 Å². The summed E-state index contributed by atoms with van der Waals surface area (Å²) in [6.07, 6.45) is -2.31. The second kappa shape index (κ2) is 11.1. The molecule has 8 heteroatoms. The van der Waals surface area contributed by atoms with E-state index < -0.39 is 11.7 Å². The molecule has 3 aromatic carbocycles. The minimum atomic E-state index is -4.30. The van der Waals surface area contributed by atoms with Gasteiger partial charge < -0.3 is 14.6 Å². The molecule has 202 valence electrons. The summed E-state index contributed by atoms with van der Waals surface area (Å²) >= 11 is 0. The summed E-state index contributed by atoms with van der Waals surface area (Å²) in [6, 6.07) is 19.4. The predicted octanol–water partition coefficient (Wildman–Crippen LogP) is 7.51. The summed E-state index contributed by atoms with van der Waals surface area (Å²) in [5, 5.41) is 12.9. The second-order valence-electron chi connectivity index (χ2n) is 10.5. The molecule has 0 amide bonds. The maximum absolute atomic E-state index is 12.8. The largest absolute Gasteiger partial charge is 0.436 e. The second-order valence-corrected chi connectivity index (χ2v) is 10.5.